The Kier molecular flexibility index (Phi) is 8.96. The first kappa shape index (κ1) is 9.27. The molecule has 0 aliphatic rings. The van der Waals surface area contributed by atoms with E-state index in [4.69, 9.17) is 0 Å². The Morgan fingerprint density at radius 3 is 1.00 bits per heavy atom. The van der Waals surface area contributed by atoms with Crippen molar-refractivity contribution in [2.45, 2.75) is 0 Å². The fraction of sp³-hybridized carbons (Fsp3) is 1.00. The van der Waals surface area contributed by atoms with E-state index in [1.165, 1.54) is 0 Å². The molecule has 5 heavy (non-hydrogen) atoms. The number of hydrogen-bond donors (Lipinski definition) is 0. The minimum atomic E-state index is 0. The summed E-state index contributed by atoms with van der Waals surface area (Å²) in [6.07, 6.45) is 0. The van der Waals surface area contributed by atoms with E-state index >= 15 is 0 Å². The van der Waals surface area contributed by atoms with Crippen molar-refractivity contribution in [2.24, 2.45) is 0 Å². The zero-order valence-corrected chi connectivity index (χ0v) is 7.54. The van der Waals surface area contributed by atoms with Crippen LogP contribution in [0.15, 0.2) is 0 Å². The number of hydrogen-bond acceptors (Lipinski definition) is 1. The second kappa shape index (κ2) is 4.83. The average Bonchev–Trinajstić information content (AvgIpc) is 0.811. The fourth-order valence-corrected chi connectivity index (χ4v) is 0. The summed E-state index contributed by atoms with van der Waals surface area (Å²) in [5, 5.41) is 0. The molecular weight excluding hydrogens is 229 g/mol. The molecule has 0 saturated carbocycles. The van der Waals surface area contributed by atoms with Crippen LogP contribution in [0, 0.1) is 0 Å². The third-order valence-corrected chi connectivity index (χ3v) is 0. The summed E-state index contributed by atoms with van der Waals surface area (Å²) in [6.45, 7) is 0. The number of nitrogens with zero attached hydrogens (tertiary/aromatic N) is 1. The topological polar surface area (TPSA) is 3.24 Å². The molecular formula is C3H9HfN. The van der Waals surface area contributed by atoms with Gasteiger partial charge in [0.05, 0.1) is 0 Å². The molecule has 0 atom stereocenters. The summed E-state index contributed by atoms with van der Waals surface area (Å²) in [7, 11) is 6.00. The molecule has 0 fully saturated rings. The Bertz CT molecular complexity index is 11.6. The van der Waals surface area contributed by atoms with Crippen molar-refractivity contribution in [1.29, 1.82) is 0 Å². The van der Waals surface area contributed by atoms with Crippen LogP contribution in [0.4, 0.5) is 0 Å². The maximum Gasteiger partial charge on any atom is 0 e. The van der Waals surface area contributed by atoms with Crippen LogP contribution < -0.4 is 0 Å². The van der Waals surface area contributed by atoms with Crippen LogP contribution in [-0.2, 0) is 25.8 Å². The molecule has 0 aromatic rings. The van der Waals surface area contributed by atoms with Crippen LogP contribution in [0.3, 0.4) is 0 Å². The van der Waals surface area contributed by atoms with Gasteiger partial charge in [0.25, 0.3) is 0 Å². The molecule has 0 rings (SSSR count). The van der Waals surface area contributed by atoms with Gasteiger partial charge in [-0.25, -0.2) is 0 Å². The maximum atomic E-state index is 2.00. The third kappa shape index (κ3) is 56.1. The summed E-state index contributed by atoms with van der Waals surface area (Å²) in [6, 6.07) is 0. The van der Waals surface area contributed by atoms with Gasteiger partial charge in [0, 0.05) is 25.8 Å². The van der Waals surface area contributed by atoms with Gasteiger partial charge >= 0.3 is 0 Å². The van der Waals surface area contributed by atoms with E-state index in [-0.39, 0.29) is 25.8 Å². The normalized spacial score (nSPS) is 7.20. The van der Waals surface area contributed by atoms with E-state index in [9.17, 15) is 0 Å². The van der Waals surface area contributed by atoms with Gasteiger partial charge < -0.3 is 4.90 Å². The van der Waals surface area contributed by atoms with Crippen molar-refractivity contribution >= 4 is 0 Å². The van der Waals surface area contributed by atoms with E-state index in [1.54, 1.807) is 0 Å². The molecule has 0 radical (unpaired) electrons. The Labute approximate surface area is 52.1 Å². The van der Waals surface area contributed by atoms with E-state index < -0.39 is 0 Å². The number of rotatable bonds is 0. The first-order valence-corrected chi connectivity index (χ1v) is 1.34. The van der Waals surface area contributed by atoms with Gasteiger partial charge in [-0.15, -0.1) is 0 Å². The summed E-state index contributed by atoms with van der Waals surface area (Å²) in [5.41, 5.74) is 0. The fourth-order valence-electron chi connectivity index (χ4n) is 0. The molecule has 0 aromatic carbocycles. The standard InChI is InChI=1S/C3H9N.Hf/c1-4(2)3;/h1-3H3;. The van der Waals surface area contributed by atoms with E-state index in [1.807, 2.05) is 26.0 Å². The quantitative estimate of drug-likeness (QED) is 0.543. The Morgan fingerprint density at radius 2 is 1.00 bits per heavy atom. The van der Waals surface area contributed by atoms with Gasteiger partial charge in [-0.05, 0) is 21.1 Å². The summed E-state index contributed by atoms with van der Waals surface area (Å²) < 4.78 is 0. The maximum absolute atomic E-state index is 2.00. The van der Waals surface area contributed by atoms with E-state index in [0.29, 0.717) is 0 Å². The molecule has 1 nitrogen and oxygen atoms in total. The summed E-state index contributed by atoms with van der Waals surface area (Å²) >= 11 is 0. The molecule has 2 heteroatoms. The van der Waals surface area contributed by atoms with Gasteiger partial charge in [-0.2, -0.15) is 0 Å². The van der Waals surface area contributed by atoms with Crippen LogP contribution in [-0.4, -0.2) is 26.0 Å². The molecule has 0 aliphatic heterocycles. The summed E-state index contributed by atoms with van der Waals surface area (Å²) in [4.78, 5) is 2.00. The van der Waals surface area contributed by atoms with Crippen molar-refractivity contribution in [3.63, 3.8) is 0 Å². The zero-order valence-electron chi connectivity index (χ0n) is 3.95. The predicted molar refractivity (Wildman–Crippen MR) is 19.6 cm³/mol. The van der Waals surface area contributed by atoms with Crippen LogP contribution >= 0.6 is 0 Å². The molecule has 0 aliphatic carbocycles. The van der Waals surface area contributed by atoms with Crippen LogP contribution in [0.1, 0.15) is 0 Å². The third-order valence-electron chi connectivity index (χ3n) is 0. The first-order chi connectivity index (χ1) is 1.73. The molecule has 0 aromatic heterocycles. The summed E-state index contributed by atoms with van der Waals surface area (Å²) in [5.74, 6) is 0. The van der Waals surface area contributed by atoms with Crippen molar-refractivity contribution in [1.82, 2.24) is 4.90 Å². The van der Waals surface area contributed by atoms with Gasteiger partial charge in [0.15, 0.2) is 0 Å². The van der Waals surface area contributed by atoms with Gasteiger partial charge in [0.2, 0.25) is 0 Å². The molecule has 0 bridgehead atoms. The first-order valence-electron chi connectivity index (χ1n) is 1.34. The smallest absolute Gasteiger partial charge is 0 e. The average molecular weight is 238 g/mol. The monoisotopic (exact) mass is 239 g/mol. The molecule has 0 N–H and O–H groups in total. The van der Waals surface area contributed by atoms with Gasteiger partial charge in [-0.3, -0.25) is 0 Å². The van der Waals surface area contributed by atoms with Crippen molar-refractivity contribution < 1.29 is 25.8 Å². The molecule has 0 spiro atoms. The minimum absolute atomic E-state index is 0. The van der Waals surface area contributed by atoms with Crippen molar-refractivity contribution in [3.8, 4) is 0 Å². The van der Waals surface area contributed by atoms with Crippen molar-refractivity contribution in [2.75, 3.05) is 21.1 Å². The zero-order chi connectivity index (χ0) is 3.58. The molecule has 0 amide bonds. The SMILES string of the molecule is CN(C)C.[Hf]. The van der Waals surface area contributed by atoms with E-state index in [0.717, 1.165) is 0 Å². The molecule has 0 saturated heterocycles. The van der Waals surface area contributed by atoms with Crippen LogP contribution in [0.5, 0.6) is 0 Å². The second-order valence-corrected chi connectivity index (χ2v) is 1.34. The predicted octanol–water partition coefficient (Wildman–Crippen LogP) is 0.175. The van der Waals surface area contributed by atoms with E-state index in [2.05, 4.69) is 0 Å². The van der Waals surface area contributed by atoms with Gasteiger partial charge in [0.1, 0.15) is 0 Å². The Morgan fingerprint density at radius 1 is 1.00 bits per heavy atom. The van der Waals surface area contributed by atoms with Crippen LogP contribution in [0.2, 0.25) is 0 Å². The Balaban J connectivity index is 0. The molecule has 30 valence electrons. The van der Waals surface area contributed by atoms with Crippen molar-refractivity contribution in [3.05, 3.63) is 0 Å². The molecule has 0 unspecified atom stereocenters. The Hall–Kier alpha value is 0.830. The largest absolute Gasteiger partial charge is 0.312 e. The van der Waals surface area contributed by atoms with Gasteiger partial charge in [-0.1, -0.05) is 0 Å². The second-order valence-electron chi connectivity index (χ2n) is 1.34. The molecule has 0 heterocycles. The minimum Gasteiger partial charge on any atom is -0.312 e. The van der Waals surface area contributed by atoms with Crippen LogP contribution in [0.25, 0.3) is 0 Å².